The summed E-state index contributed by atoms with van der Waals surface area (Å²) in [5, 5.41) is 24.1. The van der Waals surface area contributed by atoms with Gasteiger partial charge in [0.2, 0.25) is 0 Å². The second kappa shape index (κ2) is 3.35. The SMILES string of the molecule is Cn1ncc([N+](=O)[O-])c1C(C)(O)CN. The fourth-order valence-electron chi connectivity index (χ4n) is 1.28. The van der Waals surface area contributed by atoms with Gasteiger partial charge in [0.1, 0.15) is 17.5 Å². The monoisotopic (exact) mass is 200 g/mol. The van der Waals surface area contributed by atoms with Crippen LogP contribution in [0.15, 0.2) is 6.20 Å². The number of aliphatic hydroxyl groups is 1. The van der Waals surface area contributed by atoms with E-state index in [0.717, 1.165) is 6.20 Å². The zero-order chi connectivity index (χ0) is 10.9. The van der Waals surface area contributed by atoms with Crippen LogP contribution >= 0.6 is 0 Å². The molecule has 7 nitrogen and oxygen atoms in total. The zero-order valence-electron chi connectivity index (χ0n) is 7.97. The highest BCUT2D eigenvalue weighted by atomic mass is 16.6. The molecule has 0 aliphatic carbocycles. The van der Waals surface area contributed by atoms with Gasteiger partial charge in [-0.05, 0) is 6.92 Å². The number of rotatable bonds is 3. The van der Waals surface area contributed by atoms with Crippen molar-refractivity contribution in [2.45, 2.75) is 12.5 Å². The maximum atomic E-state index is 10.6. The molecule has 1 heterocycles. The van der Waals surface area contributed by atoms with Crippen molar-refractivity contribution in [2.75, 3.05) is 6.54 Å². The lowest BCUT2D eigenvalue weighted by Gasteiger charge is -2.20. The van der Waals surface area contributed by atoms with Crippen molar-refractivity contribution in [1.82, 2.24) is 9.78 Å². The smallest absolute Gasteiger partial charge is 0.313 e. The third-order valence-electron chi connectivity index (χ3n) is 2.02. The summed E-state index contributed by atoms with van der Waals surface area (Å²) in [5.74, 6) is 0. The van der Waals surface area contributed by atoms with Gasteiger partial charge in [-0.25, -0.2) is 0 Å². The molecule has 0 aliphatic rings. The molecule has 78 valence electrons. The van der Waals surface area contributed by atoms with Crippen molar-refractivity contribution in [2.24, 2.45) is 12.8 Å². The summed E-state index contributed by atoms with van der Waals surface area (Å²) in [6.45, 7) is 1.31. The van der Waals surface area contributed by atoms with Crippen molar-refractivity contribution in [3.8, 4) is 0 Å². The van der Waals surface area contributed by atoms with E-state index in [1.54, 1.807) is 0 Å². The van der Waals surface area contributed by atoms with Crippen LogP contribution in [-0.2, 0) is 12.6 Å². The highest BCUT2D eigenvalue weighted by Crippen LogP contribution is 2.27. The Morgan fingerprint density at radius 3 is 2.86 bits per heavy atom. The van der Waals surface area contributed by atoms with Crippen LogP contribution in [0.1, 0.15) is 12.6 Å². The summed E-state index contributed by atoms with van der Waals surface area (Å²) in [4.78, 5) is 10.0. The molecule has 1 rings (SSSR count). The molecule has 1 unspecified atom stereocenters. The molecule has 3 N–H and O–H groups in total. The molecule has 1 atom stereocenters. The van der Waals surface area contributed by atoms with Gasteiger partial charge in [0.25, 0.3) is 0 Å². The zero-order valence-corrected chi connectivity index (χ0v) is 7.97. The van der Waals surface area contributed by atoms with Crippen LogP contribution in [-0.4, -0.2) is 26.4 Å². The Morgan fingerprint density at radius 1 is 1.86 bits per heavy atom. The second-order valence-corrected chi connectivity index (χ2v) is 3.24. The summed E-state index contributed by atoms with van der Waals surface area (Å²) < 4.78 is 1.25. The van der Waals surface area contributed by atoms with E-state index in [1.165, 1.54) is 18.7 Å². The molecule has 0 saturated carbocycles. The van der Waals surface area contributed by atoms with Crippen LogP contribution in [0.3, 0.4) is 0 Å². The van der Waals surface area contributed by atoms with Crippen LogP contribution in [0.4, 0.5) is 5.69 Å². The normalized spacial score (nSPS) is 15.1. The van der Waals surface area contributed by atoms with Crippen LogP contribution in [0.5, 0.6) is 0 Å². The Kier molecular flexibility index (Phi) is 2.54. The van der Waals surface area contributed by atoms with E-state index in [4.69, 9.17) is 5.73 Å². The van der Waals surface area contributed by atoms with Gasteiger partial charge in [-0.1, -0.05) is 0 Å². The lowest BCUT2D eigenvalue weighted by molar-refractivity contribution is -0.386. The summed E-state index contributed by atoms with van der Waals surface area (Å²) in [7, 11) is 1.52. The lowest BCUT2D eigenvalue weighted by atomic mass is 10.0. The van der Waals surface area contributed by atoms with Crippen LogP contribution in [0, 0.1) is 10.1 Å². The van der Waals surface area contributed by atoms with E-state index in [-0.39, 0.29) is 17.9 Å². The van der Waals surface area contributed by atoms with E-state index in [0.29, 0.717) is 0 Å². The van der Waals surface area contributed by atoms with Crippen molar-refractivity contribution in [3.05, 3.63) is 22.0 Å². The molecule has 0 aromatic carbocycles. The summed E-state index contributed by atoms with van der Waals surface area (Å²) in [6, 6.07) is 0. The number of hydrogen-bond acceptors (Lipinski definition) is 5. The Balaban J connectivity index is 3.31. The van der Waals surface area contributed by atoms with Gasteiger partial charge in [-0.3, -0.25) is 14.8 Å². The molecule has 0 spiro atoms. The lowest BCUT2D eigenvalue weighted by Crippen LogP contribution is -2.34. The second-order valence-electron chi connectivity index (χ2n) is 3.24. The van der Waals surface area contributed by atoms with Gasteiger partial charge >= 0.3 is 5.69 Å². The van der Waals surface area contributed by atoms with Gasteiger partial charge in [-0.2, -0.15) is 5.10 Å². The Labute approximate surface area is 80.3 Å². The molecule has 0 amide bonds. The van der Waals surface area contributed by atoms with Gasteiger partial charge in [0.05, 0.1) is 4.92 Å². The molecule has 0 aliphatic heterocycles. The van der Waals surface area contributed by atoms with E-state index < -0.39 is 10.5 Å². The largest absolute Gasteiger partial charge is 0.382 e. The third kappa shape index (κ3) is 1.59. The first-order chi connectivity index (χ1) is 6.40. The number of nitro groups is 1. The number of aromatic nitrogens is 2. The fourth-order valence-corrected chi connectivity index (χ4v) is 1.28. The fraction of sp³-hybridized carbons (Fsp3) is 0.571. The summed E-state index contributed by atoms with van der Waals surface area (Å²) in [5.41, 5.74) is 3.78. The van der Waals surface area contributed by atoms with E-state index in [9.17, 15) is 15.2 Å². The predicted octanol–water partition coefficient (Wildman–Crippen LogP) is -0.506. The molecule has 14 heavy (non-hydrogen) atoms. The summed E-state index contributed by atoms with van der Waals surface area (Å²) in [6.07, 6.45) is 1.10. The standard InChI is InChI=1S/C7H12N4O3/c1-7(12,4-8)6-5(11(13)14)3-9-10(6)2/h3,12H,4,8H2,1-2H3. The van der Waals surface area contributed by atoms with Crippen LogP contribution < -0.4 is 5.73 Å². The number of nitrogens with zero attached hydrogens (tertiary/aromatic N) is 3. The first-order valence-corrected chi connectivity index (χ1v) is 3.99. The highest BCUT2D eigenvalue weighted by molar-refractivity contribution is 5.37. The molecule has 1 aromatic rings. The highest BCUT2D eigenvalue weighted by Gasteiger charge is 2.34. The Morgan fingerprint density at radius 2 is 2.43 bits per heavy atom. The summed E-state index contributed by atoms with van der Waals surface area (Å²) >= 11 is 0. The average molecular weight is 200 g/mol. The molecular weight excluding hydrogens is 188 g/mol. The Bertz CT molecular complexity index is 358. The minimum atomic E-state index is -1.44. The van der Waals surface area contributed by atoms with E-state index in [2.05, 4.69) is 5.10 Å². The van der Waals surface area contributed by atoms with E-state index in [1.807, 2.05) is 0 Å². The molecule has 0 fully saturated rings. The van der Waals surface area contributed by atoms with Crippen LogP contribution in [0.2, 0.25) is 0 Å². The number of nitrogens with two attached hydrogens (primary N) is 1. The minimum absolute atomic E-state index is 0.104. The number of aryl methyl sites for hydroxylation is 1. The maximum Gasteiger partial charge on any atom is 0.313 e. The minimum Gasteiger partial charge on any atom is -0.382 e. The van der Waals surface area contributed by atoms with Gasteiger partial charge < -0.3 is 10.8 Å². The Hall–Kier alpha value is -1.47. The predicted molar refractivity (Wildman–Crippen MR) is 48.5 cm³/mol. The first-order valence-electron chi connectivity index (χ1n) is 3.99. The molecule has 0 bridgehead atoms. The molecular formula is C7H12N4O3. The number of hydrogen-bond donors (Lipinski definition) is 2. The first kappa shape index (κ1) is 10.6. The third-order valence-corrected chi connectivity index (χ3v) is 2.02. The van der Waals surface area contributed by atoms with Gasteiger partial charge in [0, 0.05) is 13.6 Å². The van der Waals surface area contributed by atoms with Gasteiger partial charge in [-0.15, -0.1) is 0 Å². The average Bonchev–Trinajstić information content (AvgIpc) is 2.47. The quantitative estimate of drug-likeness (QED) is 0.505. The van der Waals surface area contributed by atoms with E-state index >= 15 is 0 Å². The van der Waals surface area contributed by atoms with Crippen molar-refractivity contribution < 1.29 is 10.0 Å². The molecule has 0 saturated heterocycles. The van der Waals surface area contributed by atoms with Gasteiger partial charge in [0.15, 0.2) is 0 Å². The molecule has 0 radical (unpaired) electrons. The maximum absolute atomic E-state index is 10.6. The van der Waals surface area contributed by atoms with Crippen molar-refractivity contribution in [1.29, 1.82) is 0 Å². The molecule has 7 heteroatoms. The van der Waals surface area contributed by atoms with Crippen molar-refractivity contribution >= 4 is 5.69 Å². The van der Waals surface area contributed by atoms with Crippen molar-refractivity contribution in [3.63, 3.8) is 0 Å². The molecule has 1 aromatic heterocycles. The topological polar surface area (TPSA) is 107 Å². The van der Waals surface area contributed by atoms with Crippen LogP contribution in [0.25, 0.3) is 0 Å².